The zero-order valence-corrected chi connectivity index (χ0v) is 13.7. The van der Waals surface area contributed by atoms with Gasteiger partial charge in [-0.2, -0.15) is 0 Å². The van der Waals surface area contributed by atoms with Crippen LogP contribution in [-0.2, 0) is 4.79 Å². The molecule has 0 bridgehead atoms. The van der Waals surface area contributed by atoms with Crippen LogP contribution in [0.4, 0.5) is 0 Å². The summed E-state index contributed by atoms with van der Waals surface area (Å²) in [6, 6.07) is 7.85. The number of aromatic nitrogens is 3. The third-order valence-corrected chi connectivity index (χ3v) is 4.15. The molecule has 0 spiro atoms. The maximum atomic E-state index is 12.7. The Bertz CT molecular complexity index is 749. The summed E-state index contributed by atoms with van der Waals surface area (Å²) in [6.07, 6.45) is 3.40. The Morgan fingerprint density at radius 1 is 1.33 bits per heavy atom. The molecule has 7 heteroatoms. The first-order valence-corrected chi connectivity index (χ1v) is 7.99. The molecular formula is C17H20N4O3. The zero-order valence-electron chi connectivity index (χ0n) is 13.7. The van der Waals surface area contributed by atoms with Crippen LogP contribution in [0.15, 0.2) is 30.5 Å². The number of hydrogen-bond donors (Lipinski definition) is 1. The van der Waals surface area contributed by atoms with Gasteiger partial charge in [-0.25, -0.2) is 4.68 Å². The van der Waals surface area contributed by atoms with E-state index < -0.39 is 11.9 Å². The molecular weight excluding hydrogens is 308 g/mol. The molecule has 2 aromatic rings. The molecule has 1 amide bonds. The fraction of sp³-hybridized carbons (Fsp3) is 0.412. The van der Waals surface area contributed by atoms with Crippen LogP contribution in [0, 0.1) is 12.8 Å². The highest BCUT2D eigenvalue weighted by molar-refractivity contribution is 5.92. The summed E-state index contributed by atoms with van der Waals surface area (Å²) in [5.41, 5.74) is 2.20. The van der Waals surface area contributed by atoms with Crippen molar-refractivity contribution in [2.45, 2.75) is 32.7 Å². The maximum absolute atomic E-state index is 12.7. The summed E-state index contributed by atoms with van der Waals surface area (Å²) in [5.74, 6) is -1.78. The molecule has 1 unspecified atom stereocenters. The van der Waals surface area contributed by atoms with Gasteiger partial charge < -0.3 is 10.0 Å². The molecule has 0 aliphatic heterocycles. The first-order valence-electron chi connectivity index (χ1n) is 7.99. The van der Waals surface area contributed by atoms with Crippen molar-refractivity contribution in [2.75, 3.05) is 6.54 Å². The van der Waals surface area contributed by atoms with Crippen LogP contribution in [0.1, 0.15) is 35.8 Å². The van der Waals surface area contributed by atoms with Crippen molar-refractivity contribution in [1.82, 2.24) is 19.9 Å². The molecule has 1 aromatic carbocycles. The van der Waals surface area contributed by atoms with E-state index in [2.05, 4.69) is 10.3 Å². The molecule has 1 aliphatic rings. The number of amides is 1. The van der Waals surface area contributed by atoms with Gasteiger partial charge in [0.05, 0.1) is 17.8 Å². The number of benzene rings is 1. The smallest absolute Gasteiger partial charge is 0.308 e. The third kappa shape index (κ3) is 3.45. The van der Waals surface area contributed by atoms with E-state index in [0.29, 0.717) is 0 Å². The van der Waals surface area contributed by atoms with Gasteiger partial charge in [-0.15, -0.1) is 5.10 Å². The van der Waals surface area contributed by atoms with Crippen molar-refractivity contribution in [3.63, 3.8) is 0 Å². The Morgan fingerprint density at radius 2 is 2.00 bits per heavy atom. The molecule has 1 saturated carbocycles. The molecule has 1 atom stereocenters. The number of aryl methyl sites for hydroxylation is 1. The van der Waals surface area contributed by atoms with E-state index in [1.807, 2.05) is 31.2 Å². The fourth-order valence-electron chi connectivity index (χ4n) is 2.49. The van der Waals surface area contributed by atoms with Gasteiger partial charge in [0.25, 0.3) is 5.91 Å². The molecule has 1 aromatic heterocycles. The standard InChI is InChI=1S/C17H20N4O3/c1-11-3-5-14(6-4-11)21-10-15(18-19-21)16(22)20(13-7-8-13)9-12(2)17(23)24/h3-6,10,12-13H,7-9H2,1-2H3,(H,23,24). The Balaban J connectivity index is 1.78. The molecule has 24 heavy (non-hydrogen) atoms. The van der Waals surface area contributed by atoms with E-state index in [0.717, 1.165) is 24.1 Å². The van der Waals surface area contributed by atoms with Crippen LogP contribution in [-0.4, -0.2) is 49.5 Å². The molecule has 1 heterocycles. The molecule has 126 valence electrons. The minimum Gasteiger partial charge on any atom is -0.481 e. The van der Waals surface area contributed by atoms with E-state index >= 15 is 0 Å². The number of carbonyl (C=O) groups is 2. The van der Waals surface area contributed by atoms with Crippen LogP contribution in [0.5, 0.6) is 0 Å². The van der Waals surface area contributed by atoms with Gasteiger partial charge in [0.15, 0.2) is 5.69 Å². The van der Waals surface area contributed by atoms with E-state index in [1.54, 1.807) is 22.7 Å². The normalized spacial score (nSPS) is 15.1. The van der Waals surface area contributed by atoms with Gasteiger partial charge in [0.2, 0.25) is 0 Å². The summed E-state index contributed by atoms with van der Waals surface area (Å²) in [4.78, 5) is 25.4. The lowest BCUT2D eigenvalue weighted by Gasteiger charge is -2.23. The SMILES string of the molecule is Cc1ccc(-n2cc(C(=O)N(CC(C)C(=O)O)C3CC3)nn2)cc1. The summed E-state index contributed by atoms with van der Waals surface area (Å²) >= 11 is 0. The van der Waals surface area contributed by atoms with Crippen molar-refractivity contribution in [3.8, 4) is 5.69 Å². The van der Waals surface area contributed by atoms with Crippen LogP contribution >= 0.6 is 0 Å². The van der Waals surface area contributed by atoms with Crippen molar-refractivity contribution in [1.29, 1.82) is 0 Å². The van der Waals surface area contributed by atoms with Crippen LogP contribution < -0.4 is 0 Å². The van der Waals surface area contributed by atoms with Crippen molar-refractivity contribution in [2.24, 2.45) is 5.92 Å². The Morgan fingerprint density at radius 3 is 2.58 bits per heavy atom. The van der Waals surface area contributed by atoms with Gasteiger partial charge in [0, 0.05) is 12.6 Å². The molecule has 1 aliphatic carbocycles. The summed E-state index contributed by atoms with van der Waals surface area (Å²) in [6.45, 7) is 3.79. The minimum absolute atomic E-state index is 0.115. The predicted octanol–water partition coefficient (Wildman–Crippen LogP) is 1.90. The van der Waals surface area contributed by atoms with Gasteiger partial charge >= 0.3 is 5.97 Å². The van der Waals surface area contributed by atoms with E-state index in [1.165, 1.54) is 0 Å². The zero-order chi connectivity index (χ0) is 17.3. The van der Waals surface area contributed by atoms with E-state index in [-0.39, 0.29) is 24.2 Å². The van der Waals surface area contributed by atoms with Gasteiger partial charge in [-0.1, -0.05) is 29.8 Å². The Kier molecular flexibility index (Phi) is 4.33. The number of carboxylic acids is 1. The average Bonchev–Trinajstić information content (AvgIpc) is 3.28. The Labute approximate surface area is 139 Å². The van der Waals surface area contributed by atoms with Gasteiger partial charge in [0.1, 0.15) is 0 Å². The molecule has 0 radical (unpaired) electrons. The van der Waals surface area contributed by atoms with Crippen molar-refractivity contribution in [3.05, 3.63) is 41.7 Å². The summed E-state index contributed by atoms with van der Waals surface area (Å²) in [7, 11) is 0. The topological polar surface area (TPSA) is 88.3 Å². The second-order valence-corrected chi connectivity index (χ2v) is 6.31. The first-order chi connectivity index (χ1) is 11.5. The predicted molar refractivity (Wildman–Crippen MR) is 87.0 cm³/mol. The second-order valence-electron chi connectivity index (χ2n) is 6.31. The first kappa shape index (κ1) is 16.2. The molecule has 1 N–H and O–H groups in total. The Hall–Kier alpha value is -2.70. The highest BCUT2D eigenvalue weighted by Gasteiger charge is 2.36. The molecule has 1 fully saturated rings. The van der Waals surface area contributed by atoms with Crippen LogP contribution in [0.25, 0.3) is 5.69 Å². The monoisotopic (exact) mass is 328 g/mol. The van der Waals surface area contributed by atoms with Crippen LogP contribution in [0.3, 0.4) is 0 Å². The number of carboxylic acid groups (broad SMARTS) is 1. The summed E-state index contributed by atoms with van der Waals surface area (Å²) in [5, 5.41) is 17.1. The van der Waals surface area contributed by atoms with E-state index in [9.17, 15) is 9.59 Å². The maximum Gasteiger partial charge on any atom is 0.308 e. The number of hydrogen-bond acceptors (Lipinski definition) is 4. The lowest BCUT2D eigenvalue weighted by atomic mass is 10.1. The fourth-order valence-corrected chi connectivity index (χ4v) is 2.49. The highest BCUT2D eigenvalue weighted by Crippen LogP contribution is 2.29. The van der Waals surface area contributed by atoms with Crippen molar-refractivity contribution >= 4 is 11.9 Å². The number of carbonyl (C=O) groups excluding carboxylic acids is 1. The summed E-state index contributed by atoms with van der Waals surface area (Å²) < 4.78 is 1.55. The quantitative estimate of drug-likeness (QED) is 0.875. The van der Waals surface area contributed by atoms with Gasteiger partial charge in [-0.05, 0) is 31.9 Å². The average molecular weight is 328 g/mol. The van der Waals surface area contributed by atoms with Crippen LogP contribution in [0.2, 0.25) is 0 Å². The lowest BCUT2D eigenvalue weighted by Crippen LogP contribution is -2.38. The largest absolute Gasteiger partial charge is 0.481 e. The third-order valence-electron chi connectivity index (χ3n) is 4.15. The molecule has 7 nitrogen and oxygen atoms in total. The van der Waals surface area contributed by atoms with Crippen molar-refractivity contribution < 1.29 is 14.7 Å². The lowest BCUT2D eigenvalue weighted by molar-refractivity contribution is -0.141. The molecule has 3 rings (SSSR count). The second kappa shape index (κ2) is 6.43. The minimum atomic E-state index is -0.906. The number of aliphatic carboxylic acids is 1. The number of nitrogens with zero attached hydrogens (tertiary/aromatic N) is 4. The highest BCUT2D eigenvalue weighted by atomic mass is 16.4. The molecule has 0 saturated heterocycles. The van der Waals surface area contributed by atoms with E-state index in [4.69, 9.17) is 5.11 Å². The van der Waals surface area contributed by atoms with Gasteiger partial charge in [-0.3, -0.25) is 9.59 Å². The number of rotatable bonds is 6.